The van der Waals surface area contributed by atoms with Crippen molar-refractivity contribution in [1.82, 2.24) is 14.5 Å². The highest BCUT2D eigenvalue weighted by Gasteiger charge is 2.23. The minimum Gasteiger partial charge on any atom is -0.278 e. The Morgan fingerprint density at radius 1 is 0.404 bits per heavy atom. The molecule has 0 saturated heterocycles. The molecule has 0 bridgehead atoms. The van der Waals surface area contributed by atoms with Crippen LogP contribution in [0, 0.1) is 0 Å². The van der Waals surface area contributed by atoms with E-state index in [0.29, 0.717) is 5.95 Å². The van der Waals surface area contributed by atoms with Crippen molar-refractivity contribution in [3.8, 4) is 39.5 Å². The fourth-order valence-corrected chi connectivity index (χ4v) is 9.18. The zero-order valence-corrected chi connectivity index (χ0v) is 28.8. The molecule has 3 aromatic heterocycles. The van der Waals surface area contributed by atoms with Gasteiger partial charge >= 0.3 is 0 Å². The van der Waals surface area contributed by atoms with Gasteiger partial charge in [-0.15, -0.1) is 11.3 Å². The third kappa shape index (κ3) is 4.38. The van der Waals surface area contributed by atoms with Crippen LogP contribution in [0.5, 0.6) is 0 Å². The zero-order chi connectivity index (χ0) is 34.2. The van der Waals surface area contributed by atoms with E-state index in [2.05, 4.69) is 180 Å². The van der Waals surface area contributed by atoms with Gasteiger partial charge in [-0.25, -0.2) is 9.97 Å². The highest BCUT2D eigenvalue weighted by atomic mass is 32.1. The molecule has 52 heavy (non-hydrogen) atoms. The van der Waals surface area contributed by atoms with Gasteiger partial charge < -0.3 is 0 Å². The molecule has 0 N–H and O–H groups in total. The summed E-state index contributed by atoms with van der Waals surface area (Å²) >= 11 is 1.75. The summed E-state index contributed by atoms with van der Waals surface area (Å²) in [5.41, 5.74) is 9.00. The van der Waals surface area contributed by atoms with Crippen LogP contribution < -0.4 is 0 Å². The van der Waals surface area contributed by atoms with Crippen LogP contribution in [0.15, 0.2) is 176 Å². The first-order valence-electron chi connectivity index (χ1n) is 17.6. The number of benzene rings is 8. The normalized spacial score (nSPS) is 11.8. The lowest BCUT2D eigenvalue weighted by Crippen LogP contribution is -2.02. The molecule has 0 spiro atoms. The Labute approximate surface area is 303 Å². The summed E-state index contributed by atoms with van der Waals surface area (Å²) in [5.74, 6) is 0.676. The minimum absolute atomic E-state index is 0.676. The summed E-state index contributed by atoms with van der Waals surface area (Å²) in [7, 11) is 0. The summed E-state index contributed by atoms with van der Waals surface area (Å²) in [6, 6.07) is 63.0. The van der Waals surface area contributed by atoms with Crippen LogP contribution in [-0.2, 0) is 0 Å². The topological polar surface area (TPSA) is 30.7 Å². The number of aromatic nitrogens is 3. The van der Waals surface area contributed by atoms with Crippen molar-refractivity contribution >= 4 is 75.0 Å². The smallest absolute Gasteiger partial charge is 0.236 e. The van der Waals surface area contributed by atoms with E-state index in [9.17, 15) is 0 Å². The molecular formula is C48H29N3S. The van der Waals surface area contributed by atoms with Crippen molar-refractivity contribution in [2.45, 2.75) is 0 Å². The van der Waals surface area contributed by atoms with Gasteiger partial charge in [-0.1, -0.05) is 152 Å². The Balaban J connectivity index is 1.27. The summed E-state index contributed by atoms with van der Waals surface area (Å²) < 4.78 is 3.47. The third-order valence-electron chi connectivity index (χ3n) is 10.4. The molecule has 0 unspecified atom stereocenters. The summed E-state index contributed by atoms with van der Waals surface area (Å²) in [4.78, 5) is 12.0. The number of hydrogen-bond donors (Lipinski definition) is 0. The first kappa shape index (κ1) is 29.1. The molecule has 0 fully saturated rings. The first-order chi connectivity index (χ1) is 25.8. The molecule has 0 aliphatic rings. The van der Waals surface area contributed by atoms with Gasteiger partial charge in [0, 0.05) is 31.8 Å². The van der Waals surface area contributed by atoms with Gasteiger partial charge in [0.2, 0.25) is 5.95 Å². The molecular weight excluding hydrogens is 651 g/mol. The molecule has 0 aliphatic heterocycles. The SMILES string of the molecule is c1ccc(-c2cc3sc4nc(-n5c6ccc7ccccc7c6c6c7ccccc7ccc65)nc(-c5ccccc5)c4c3cc2-c2ccccc2)cc1. The maximum Gasteiger partial charge on any atom is 0.236 e. The van der Waals surface area contributed by atoms with E-state index in [0.717, 1.165) is 32.5 Å². The standard InChI is InChI=1S/C48H29N3S/c1-4-14-30(15-5-1)37-28-39-42(29-38(37)31-16-6-2-7-17-31)52-47-45(39)46(34-20-8-3-9-21-34)49-48(50-47)51-40-26-24-32-18-10-12-22-35(32)43(40)44-36-23-13-11-19-33(36)25-27-41(44)51/h1-29H. The number of rotatable bonds is 4. The van der Waals surface area contributed by atoms with Crippen LogP contribution in [-0.4, -0.2) is 14.5 Å². The first-order valence-corrected chi connectivity index (χ1v) is 18.4. The van der Waals surface area contributed by atoms with E-state index >= 15 is 0 Å². The molecule has 0 amide bonds. The van der Waals surface area contributed by atoms with E-state index in [-0.39, 0.29) is 0 Å². The monoisotopic (exact) mass is 679 g/mol. The number of nitrogens with zero attached hydrogens (tertiary/aromatic N) is 3. The Morgan fingerprint density at radius 3 is 1.48 bits per heavy atom. The van der Waals surface area contributed by atoms with Crippen molar-refractivity contribution in [3.63, 3.8) is 0 Å². The van der Waals surface area contributed by atoms with Crippen LogP contribution in [0.3, 0.4) is 0 Å². The Bertz CT molecular complexity index is 3070. The van der Waals surface area contributed by atoms with Crippen LogP contribution in [0.4, 0.5) is 0 Å². The number of fused-ring (bicyclic) bond motifs is 10. The van der Waals surface area contributed by atoms with Crippen molar-refractivity contribution in [2.75, 3.05) is 0 Å². The molecule has 4 heteroatoms. The van der Waals surface area contributed by atoms with E-state index in [1.807, 2.05) is 0 Å². The van der Waals surface area contributed by atoms with E-state index < -0.39 is 0 Å². The molecule has 242 valence electrons. The van der Waals surface area contributed by atoms with Gasteiger partial charge in [-0.05, 0) is 68.1 Å². The Kier molecular flexibility index (Phi) is 6.42. The van der Waals surface area contributed by atoms with E-state index in [4.69, 9.17) is 9.97 Å². The van der Waals surface area contributed by atoms with Gasteiger partial charge in [0.05, 0.1) is 16.7 Å². The lowest BCUT2D eigenvalue weighted by molar-refractivity contribution is 1.02. The number of thiophene rings is 1. The highest BCUT2D eigenvalue weighted by molar-refractivity contribution is 7.25. The average molecular weight is 680 g/mol. The predicted molar refractivity (Wildman–Crippen MR) is 221 cm³/mol. The van der Waals surface area contributed by atoms with Crippen LogP contribution >= 0.6 is 11.3 Å². The van der Waals surface area contributed by atoms with Crippen molar-refractivity contribution in [3.05, 3.63) is 176 Å². The molecule has 0 saturated carbocycles. The van der Waals surface area contributed by atoms with Crippen LogP contribution in [0.1, 0.15) is 0 Å². The molecule has 0 aliphatic carbocycles. The van der Waals surface area contributed by atoms with Gasteiger partial charge in [0.1, 0.15) is 4.83 Å². The van der Waals surface area contributed by atoms with Gasteiger partial charge in [0.25, 0.3) is 0 Å². The zero-order valence-electron chi connectivity index (χ0n) is 28.0. The fraction of sp³-hybridized carbons (Fsp3) is 0. The molecule has 3 nitrogen and oxygen atoms in total. The van der Waals surface area contributed by atoms with Crippen molar-refractivity contribution in [1.29, 1.82) is 0 Å². The molecule has 11 rings (SSSR count). The van der Waals surface area contributed by atoms with E-state index in [1.165, 1.54) is 64.7 Å². The molecule has 11 aromatic rings. The third-order valence-corrected chi connectivity index (χ3v) is 11.5. The Morgan fingerprint density at radius 2 is 0.904 bits per heavy atom. The maximum absolute atomic E-state index is 5.54. The number of hydrogen-bond acceptors (Lipinski definition) is 3. The van der Waals surface area contributed by atoms with Crippen LogP contribution in [0.25, 0.3) is 103 Å². The quantitative estimate of drug-likeness (QED) is 0.185. The molecule has 8 aromatic carbocycles. The van der Waals surface area contributed by atoms with Gasteiger partial charge in [-0.3, -0.25) is 4.57 Å². The van der Waals surface area contributed by atoms with Crippen molar-refractivity contribution < 1.29 is 0 Å². The van der Waals surface area contributed by atoms with Gasteiger partial charge in [-0.2, -0.15) is 0 Å². The lowest BCUT2D eigenvalue weighted by atomic mass is 9.92. The predicted octanol–water partition coefficient (Wildman–Crippen LogP) is 13.2. The highest BCUT2D eigenvalue weighted by Crippen LogP contribution is 2.45. The van der Waals surface area contributed by atoms with Crippen molar-refractivity contribution in [2.24, 2.45) is 0 Å². The lowest BCUT2D eigenvalue weighted by Gasteiger charge is -2.12. The van der Waals surface area contributed by atoms with Crippen LogP contribution in [0.2, 0.25) is 0 Å². The largest absolute Gasteiger partial charge is 0.278 e. The summed E-state index contributed by atoms with van der Waals surface area (Å²) in [6.07, 6.45) is 0. The molecule has 3 heterocycles. The maximum atomic E-state index is 5.54. The second-order valence-corrected chi connectivity index (χ2v) is 14.4. The summed E-state index contributed by atoms with van der Waals surface area (Å²) in [6.45, 7) is 0. The minimum atomic E-state index is 0.676. The fourth-order valence-electron chi connectivity index (χ4n) is 8.09. The van der Waals surface area contributed by atoms with Gasteiger partial charge in [0.15, 0.2) is 0 Å². The molecule has 0 atom stereocenters. The van der Waals surface area contributed by atoms with E-state index in [1.54, 1.807) is 11.3 Å². The molecule has 0 radical (unpaired) electrons. The Hall–Kier alpha value is -6.62. The summed E-state index contributed by atoms with van der Waals surface area (Å²) in [5, 5.41) is 9.61. The second-order valence-electron chi connectivity index (χ2n) is 13.3. The average Bonchev–Trinajstić information content (AvgIpc) is 3.76. The second kappa shape index (κ2) is 11.5.